The highest BCUT2D eigenvalue weighted by Crippen LogP contribution is 2.28. The molecule has 0 saturated carbocycles. The van der Waals surface area contributed by atoms with E-state index in [1.54, 1.807) is 68.6 Å². The van der Waals surface area contributed by atoms with Crippen molar-refractivity contribution >= 4 is 39.1 Å². The number of methoxy groups -OCH3 is 2. The monoisotopic (exact) mass is 557 g/mol. The van der Waals surface area contributed by atoms with Crippen LogP contribution < -0.4 is 23.9 Å². The number of hydrogen-bond donors (Lipinski definition) is 1. The molecular formula is C27H31N3O6S2. The number of rotatable bonds is 12. The van der Waals surface area contributed by atoms with Gasteiger partial charge in [0.1, 0.15) is 12.3 Å². The number of sulfonamides is 1. The minimum atomic E-state index is -4.06. The molecule has 0 aliphatic carbocycles. The van der Waals surface area contributed by atoms with Crippen molar-refractivity contribution in [1.82, 2.24) is 5.43 Å². The molecule has 11 heteroatoms. The normalized spacial score (nSPS) is 11.6. The molecule has 0 aliphatic rings. The van der Waals surface area contributed by atoms with E-state index in [1.807, 2.05) is 13.2 Å². The Morgan fingerprint density at radius 3 is 2.21 bits per heavy atom. The van der Waals surface area contributed by atoms with E-state index in [1.165, 1.54) is 31.0 Å². The van der Waals surface area contributed by atoms with Crippen molar-refractivity contribution in [2.24, 2.45) is 5.10 Å². The molecule has 0 fully saturated rings. The van der Waals surface area contributed by atoms with Crippen molar-refractivity contribution in [3.05, 3.63) is 72.3 Å². The summed E-state index contributed by atoms with van der Waals surface area (Å²) >= 11 is 1.51. The molecule has 0 radical (unpaired) electrons. The van der Waals surface area contributed by atoms with Crippen molar-refractivity contribution in [3.8, 4) is 17.2 Å². The largest absolute Gasteiger partial charge is 0.494 e. The lowest BCUT2D eigenvalue weighted by Gasteiger charge is -2.24. The summed E-state index contributed by atoms with van der Waals surface area (Å²) in [5, 5.41) is 4.16. The summed E-state index contributed by atoms with van der Waals surface area (Å²) in [6.07, 6.45) is 1.91. The van der Waals surface area contributed by atoms with Crippen molar-refractivity contribution in [3.63, 3.8) is 0 Å². The van der Waals surface area contributed by atoms with Gasteiger partial charge in [0.2, 0.25) is 0 Å². The number of nitrogens with one attached hydrogen (secondary N) is 1. The van der Waals surface area contributed by atoms with Crippen LogP contribution in [-0.2, 0) is 14.8 Å². The first-order valence-electron chi connectivity index (χ1n) is 11.7. The number of carbonyl (C=O) groups is 1. The van der Waals surface area contributed by atoms with E-state index in [0.717, 1.165) is 9.20 Å². The molecule has 3 rings (SSSR count). The van der Waals surface area contributed by atoms with Crippen LogP contribution >= 0.6 is 11.8 Å². The van der Waals surface area contributed by atoms with Crippen LogP contribution in [0.25, 0.3) is 0 Å². The number of nitrogens with zero attached hydrogens (tertiary/aromatic N) is 2. The Kier molecular flexibility index (Phi) is 10.0. The summed E-state index contributed by atoms with van der Waals surface area (Å²) in [5.74, 6) is 1.07. The number of thioether (sulfide) groups is 1. The SMILES string of the molecule is CCOc1ccc(N(CC(=O)N/N=C(/C)c2ccc(OC)c(OC)c2)S(=O)(=O)c2ccc(SC)cc2)cc1. The zero-order chi connectivity index (χ0) is 27.7. The molecule has 0 unspecified atom stereocenters. The molecule has 0 saturated heterocycles. The summed E-state index contributed by atoms with van der Waals surface area (Å²) in [6, 6.07) is 18.3. The highest BCUT2D eigenvalue weighted by atomic mass is 32.2. The first kappa shape index (κ1) is 28.9. The third-order valence-corrected chi connectivity index (χ3v) is 8.05. The van der Waals surface area contributed by atoms with Crippen LogP contribution in [0.15, 0.2) is 81.6 Å². The van der Waals surface area contributed by atoms with Crippen LogP contribution in [0.4, 0.5) is 5.69 Å². The number of hydrogen-bond acceptors (Lipinski definition) is 8. The zero-order valence-corrected chi connectivity index (χ0v) is 23.6. The maximum absolute atomic E-state index is 13.6. The van der Waals surface area contributed by atoms with Crippen molar-refractivity contribution in [2.45, 2.75) is 23.6 Å². The molecule has 0 aliphatic heterocycles. The quantitative estimate of drug-likeness (QED) is 0.198. The number of anilines is 1. The summed E-state index contributed by atoms with van der Waals surface area (Å²) in [4.78, 5) is 13.9. The number of ether oxygens (including phenoxy) is 3. The van der Waals surface area contributed by atoms with E-state index >= 15 is 0 Å². The van der Waals surface area contributed by atoms with Gasteiger partial charge in [0.15, 0.2) is 11.5 Å². The van der Waals surface area contributed by atoms with Crippen molar-refractivity contribution in [2.75, 3.05) is 37.9 Å². The molecule has 38 heavy (non-hydrogen) atoms. The van der Waals surface area contributed by atoms with E-state index in [4.69, 9.17) is 14.2 Å². The minimum absolute atomic E-state index is 0.0713. The fourth-order valence-electron chi connectivity index (χ4n) is 3.50. The van der Waals surface area contributed by atoms with Gasteiger partial charge in [0.05, 0.1) is 37.1 Å². The van der Waals surface area contributed by atoms with Gasteiger partial charge in [-0.1, -0.05) is 0 Å². The highest BCUT2D eigenvalue weighted by Gasteiger charge is 2.27. The lowest BCUT2D eigenvalue weighted by atomic mass is 10.1. The van der Waals surface area contributed by atoms with Gasteiger partial charge in [-0.05, 0) is 86.8 Å². The molecule has 202 valence electrons. The van der Waals surface area contributed by atoms with E-state index in [-0.39, 0.29) is 4.90 Å². The molecule has 0 bridgehead atoms. The highest BCUT2D eigenvalue weighted by molar-refractivity contribution is 7.98. The van der Waals surface area contributed by atoms with Crippen LogP contribution in [0.1, 0.15) is 19.4 Å². The molecule has 3 aromatic rings. The first-order chi connectivity index (χ1) is 18.2. The van der Waals surface area contributed by atoms with E-state index in [2.05, 4.69) is 10.5 Å². The Bertz CT molecular complexity index is 1370. The Morgan fingerprint density at radius 1 is 0.974 bits per heavy atom. The Balaban J connectivity index is 1.87. The minimum Gasteiger partial charge on any atom is -0.494 e. The number of benzene rings is 3. The molecule has 3 aromatic carbocycles. The van der Waals surface area contributed by atoms with Crippen LogP contribution in [0.3, 0.4) is 0 Å². The predicted molar refractivity (Wildman–Crippen MR) is 150 cm³/mol. The molecular weight excluding hydrogens is 526 g/mol. The van der Waals surface area contributed by atoms with Gasteiger partial charge < -0.3 is 14.2 Å². The molecule has 1 amide bonds. The topological polar surface area (TPSA) is 107 Å². The second-order valence-corrected chi connectivity index (χ2v) is 10.7. The second kappa shape index (κ2) is 13.2. The fraction of sp³-hybridized carbons (Fsp3) is 0.259. The van der Waals surface area contributed by atoms with Crippen molar-refractivity contribution < 1.29 is 27.4 Å². The second-order valence-electron chi connectivity index (χ2n) is 7.92. The van der Waals surface area contributed by atoms with Crippen LogP contribution in [0.5, 0.6) is 17.2 Å². The predicted octanol–water partition coefficient (Wildman–Crippen LogP) is 4.56. The fourth-order valence-corrected chi connectivity index (χ4v) is 5.33. The summed E-state index contributed by atoms with van der Waals surface area (Å²) in [7, 11) is -0.993. The van der Waals surface area contributed by atoms with Gasteiger partial charge in [0.25, 0.3) is 15.9 Å². The number of hydrazone groups is 1. The molecule has 0 heterocycles. The molecule has 0 aromatic heterocycles. The van der Waals surface area contributed by atoms with Gasteiger partial charge in [-0.2, -0.15) is 5.10 Å². The van der Waals surface area contributed by atoms with Gasteiger partial charge in [0, 0.05) is 10.5 Å². The maximum atomic E-state index is 13.6. The van der Waals surface area contributed by atoms with Crippen LogP contribution in [-0.4, -0.2) is 53.7 Å². The first-order valence-corrected chi connectivity index (χ1v) is 14.3. The zero-order valence-electron chi connectivity index (χ0n) is 21.9. The Hall–Kier alpha value is -3.70. The maximum Gasteiger partial charge on any atom is 0.264 e. The van der Waals surface area contributed by atoms with Gasteiger partial charge in [-0.3, -0.25) is 9.10 Å². The van der Waals surface area contributed by atoms with Crippen LogP contribution in [0, 0.1) is 0 Å². The average molecular weight is 558 g/mol. The van der Waals surface area contributed by atoms with Gasteiger partial charge in [-0.15, -0.1) is 11.8 Å². The molecule has 0 atom stereocenters. The third kappa shape index (κ3) is 6.99. The van der Waals surface area contributed by atoms with Gasteiger partial charge in [-0.25, -0.2) is 13.8 Å². The van der Waals surface area contributed by atoms with E-state index < -0.39 is 22.5 Å². The lowest BCUT2D eigenvalue weighted by Crippen LogP contribution is -2.39. The Labute approximate surface area is 227 Å². The molecule has 1 N–H and O–H groups in total. The summed E-state index contributed by atoms with van der Waals surface area (Å²) < 4.78 is 44.3. The average Bonchev–Trinajstić information content (AvgIpc) is 2.94. The summed E-state index contributed by atoms with van der Waals surface area (Å²) in [5.41, 5.74) is 3.99. The van der Waals surface area contributed by atoms with E-state index in [9.17, 15) is 13.2 Å². The smallest absolute Gasteiger partial charge is 0.264 e. The van der Waals surface area contributed by atoms with Crippen molar-refractivity contribution in [1.29, 1.82) is 0 Å². The number of carbonyl (C=O) groups excluding carboxylic acids is 1. The van der Waals surface area contributed by atoms with E-state index in [0.29, 0.717) is 40.8 Å². The third-order valence-electron chi connectivity index (χ3n) is 5.52. The molecule has 0 spiro atoms. The lowest BCUT2D eigenvalue weighted by molar-refractivity contribution is -0.119. The standard InChI is InChI=1S/C27H31N3O6S2/c1-6-36-22-10-8-21(9-11-22)30(38(32,33)24-14-12-23(37-5)13-15-24)18-27(31)29-28-19(2)20-7-16-25(34-3)26(17-20)35-4/h7-17H,6,18H2,1-5H3,(H,29,31)/b28-19-. The Morgan fingerprint density at radius 2 is 1.63 bits per heavy atom. The van der Waals surface area contributed by atoms with Crippen LogP contribution in [0.2, 0.25) is 0 Å². The summed E-state index contributed by atoms with van der Waals surface area (Å²) in [6.45, 7) is 3.57. The van der Waals surface area contributed by atoms with Gasteiger partial charge >= 0.3 is 0 Å². The number of amides is 1. The molecule has 9 nitrogen and oxygen atoms in total.